The SMILES string of the molecule is CCC1=Cc2c(-c3c4ccccc4cc4ccccc34)cccc2[CH]1[Hf+2]1([CH]2C(CC)=Cc3c(-c4c5ccccc5cc5ccccc45)cccc32)[CH2]C[CH2]1.[Cl-].[Cl-]. The summed E-state index contributed by atoms with van der Waals surface area (Å²) in [4.78, 5) is 0. The van der Waals surface area contributed by atoms with E-state index in [1.807, 2.05) is 0 Å². The van der Waals surface area contributed by atoms with Gasteiger partial charge in [0.05, 0.1) is 0 Å². The fraction of sp³-hybridized carbons (Fsp3) is 0.170. The fourth-order valence-electron chi connectivity index (χ4n) is 11.3. The fourth-order valence-corrected chi connectivity index (χ4v) is 34.5. The minimum atomic E-state index is -3.21. The van der Waals surface area contributed by atoms with Gasteiger partial charge in [-0.15, -0.1) is 0 Å². The maximum Gasteiger partial charge on any atom is -1.00 e. The quantitative estimate of drug-likeness (QED) is 0.115. The Morgan fingerprint density at radius 3 is 1.12 bits per heavy atom. The molecule has 0 saturated carbocycles. The van der Waals surface area contributed by atoms with Crippen molar-refractivity contribution in [3.05, 3.63) is 179 Å². The molecule has 2 unspecified atom stereocenters. The largest absolute Gasteiger partial charge is 1.00 e. The molecule has 2 atom stereocenters. The molecule has 0 spiro atoms. The van der Waals surface area contributed by atoms with Crippen LogP contribution in [-0.4, -0.2) is 0 Å². The summed E-state index contributed by atoms with van der Waals surface area (Å²) in [6.45, 7) is 4.86. The molecule has 0 radical (unpaired) electrons. The van der Waals surface area contributed by atoms with E-state index in [9.17, 15) is 0 Å². The van der Waals surface area contributed by atoms with Gasteiger partial charge in [0, 0.05) is 0 Å². The van der Waals surface area contributed by atoms with Crippen molar-refractivity contribution in [2.75, 3.05) is 0 Å². The Labute approximate surface area is 347 Å². The number of allylic oxidation sites excluding steroid dienone is 2. The molecule has 8 aromatic carbocycles. The first-order valence-electron chi connectivity index (χ1n) is 20.2. The average molecular weight is 930 g/mol. The summed E-state index contributed by atoms with van der Waals surface area (Å²) in [6.07, 6.45) is 9.01. The van der Waals surface area contributed by atoms with Crippen LogP contribution < -0.4 is 24.8 Å². The van der Waals surface area contributed by atoms with Crippen LogP contribution in [0.4, 0.5) is 0 Å². The summed E-state index contributed by atoms with van der Waals surface area (Å²) in [5, 5.41) is 10.7. The predicted molar refractivity (Wildman–Crippen MR) is 230 cm³/mol. The molecule has 1 heterocycles. The van der Waals surface area contributed by atoms with E-state index in [2.05, 4.69) is 172 Å². The van der Waals surface area contributed by atoms with E-state index in [-0.39, 0.29) is 24.8 Å². The Balaban J connectivity index is 0.00000205. The molecule has 11 rings (SSSR count). The normalized spacial score (nSPS) is 17.2. The molecule has 1 fully saturated rings. The summed E-state index contributed by atoms with van der Waals surface area (Å²) < 4.78 is 4.22. The Bertz CT molecular complexity index is 2610. The number of benzene rings is 8. The molecule has 0 bridgehead atoms. The van der Waals surface area contributed by atoms with Crippen molar-refractivity contribution in [3.63, 3.8) is 0 Å². The molecule has 0 nitrogen and oxygen atoms in total. The van der Waals surface area contributed by atoms with E-state index in [1.165, 1.54) is 91.2 Å². The van der Waals surface area contributed by atoms with Gasteiger partial charge in [0.1, 0.15) is 0 Å². The molecule has 2 aliphatic carbocycles. The molecule has 274 valence electrons. The van der Waals surface area contributed by atoms with E-state index in [1.54, 1.807) is 22.3 Å². The molecule has 1 saturated heterocycles. The van der Waals surface area contributed by atoms with Gasteiger partial charge in [-0.05, 0) is 0 Å². The van der Waals surface area contributed by atoms with Crippen molar-refractivity contribution in [3.8, 4) is 22.3 Å². The van der Waals surface area contributed by atoms with Gasteiger partial charge in [0.2, 0.25) is 0 Å². The number of fused-ring (bicyclic) bond motifs is 6. The van der Waals surface area contributed by atoms with E-state index >= 15 is 0 Å². The zero-order valence-electron chi connectivity index (χ0n) is 32.0. The summed E-state index contributed by atoms with van der Waals surface area (Å²) in [7, 11) is 0. The standard InChI is InChI=1S/2C25H19.C3H6.2ClH.Hf/c2*1-2-17-14-18-10-7-13-23(24(18)15-17)25-21-11-5-3-8-19(21)16-20-9-4-6-12-22(20)25;1-3-2;;;/h2*3-16H,2H2,1H3;1-3H2;2*1H;/q;;;;;+2/p-2. The topological polar surface area (TPSA) is 0 Å². The Hall–Kier alpha value is -4.27. The Kier molecular flexibility index (Phi) is 9.72. The predicted octanol–water partition coefficient (Wildman–Crippen LogP) is 9.43. The van der Waals surface area contributed by atoms with Crippen molar-refractivity contribution in [2.24, 2.45) is 0 Å². The summed E-state index contributed by atoms with van der Waals surface area (Å²) in [6, 6.07) is 55.6. The first-order chi connectivity index (χ1) is 26.7. The maximum absolute atomic E-state index is 3.21. The molecular weight excluding hydrogens is 886 g/mol. The zero-order valence-corrected chi connectivity index (χ0v) is 37.1. The van der Waals surface area contributed by atoms with E-state index in [0.717, 1.165) is 12.8 Å². The van der Waals surface area contributed by atoms with Crippen LogP contribution in [-0.2, 0) is 20.0 Å². The van der Waals surface area contributed by atoms with Gasteiger partial charge in [-0.2, -0.15) is 0 Å². The second-order valence-electron chi connectivity index (χ2n) is 16.1. The first kappa shape index (κ1) is 37.3. The van der Waals surface area contributed by atoms with Gasteiger partial charge < -0.3 is 24.8 Å². The summed E-state index contributed by atoms with van der Waals surface area (Å²) in [5.74, 6) is 0. The van der Waals surface area contributed by atoms with Gasteiger partial charge >= 0.3 is 325 Å². The van der Waals surface area contributed by atoms with Crippen molar-refractivity contribution >= 4 is 55.2 Å². The van der Waals surface area contributed by atoms with Crippen LogP contribution in [0.5, 0.6) is 0 Å². The van der Waals surface area contributed by atoms with Crippen LogP contribution in [0.15, 0.2) is 157 Å². The third-order valence-corrected chi connectivity index (χ3v) is 36.0. The monoisotopic (exact) mass is 930 g/mol. The minimum Gasteiger partial charge on any atom is -1.00 e. The molecule has 0 aromatic heterocycles. The molecule has 3 aliphatic rings. The van der Waals surface area contributed by atoms with Gasteiger partial charge in [0.15, 0.2) is 0 Å². The van der Waals surface area contributed by atoms with E-state index < -0.39 is 20.0 Å². The van der Waals surface area contributed by atoms with E-state index in [4.69, 9.17) is 0 Å². The molecule has 0 N–H and O–H groups in total. The Morgan fingerprint density at radius 2 is 0.804 bits per heavy atom. The molecule has 56 heavy (non-hydrogen) atoms. The smallest absolute Gasteiger partial charge is 1.00 e. The second-order valence-corrected chi connectivity index (χ2v) is 32.7. The molecule has 0 amide bonds. The van der Waals surface area contributed by atoms with Crippen molar-refractivity contribution in [1.29, 1.82) is 0 Å². The first-order valence-corrected chi connectivity index (χ1v) is 29.4. The van der Waals surface area contributed by atoms with Crippen molar-refractivity contribution < 1.29 is 44.8 Å². The summed E-state index contributed by atoms with van der Waals surface area (Å²) in [5.41, 5.74) is 15.4. The van der Waals surface area contributed by atoms with Crippen LogP contribution in [0.2, 0.25) is 8.35 Å². The molecular formula is C53H44Cl2Hf. The van der Waals surface area contributed by atoms with Gasteiger partial charge in [-0.1, -0.05) is 0 Å². The van der Waals surface area contributed by atoms with Crippen molar-refractivity contribution in [2.45, 2.75) is 48.8 Å². The number of hydrogen-bond acceptors (Lipinski definition) is 0. The number of hydrogen-bond donors (Lipinski definition) is 0. The van der Waals surface area contributed by atoms with Gasteiger partial charge in [0.25, 0.3) is 0 Å². The third-order valence-electron chi connectivity index (χ3n) is 13.6. The summed E-state index contributed by atoms with van der Waals surface area (Å²) >= 11 is -3.21. The van der Waals surface area contributed by atoms with E-state index in [0.29, 0.717) is 7.35 Å². The van der Waals surface area contributed by atoms with Gasteiger partial charge in [-0.3, -0.25) is 0 Å². The maximum atomic E-state index is 2.68. The van der Waals surface area contributed by atoms with Crippen LogP contribution in [0.25, 0.3) is 77.5 Å². The number of rotatable bonds is 6. The Morgan fingerprint density at radius 1 is 0.446 bits per heavy atom. The van der Waals surface area contributed by atoms with Crippen LogP contribution in [0.1, 0.15) is 62.7 Å². The van der Waals surface area contributed by atoms with Crippen LogP contribution >= 0.6 is 0 Å². The third kappa shape index (κ3) is 5.41. The second kappa shape index (κ2) is 14.6. The number of halogens is 2. The zero-order chi connectivity index (χ0) is 36.0. The average Bonchev–Trinajstić information content (AvgIpc) is 3.78. The minimum absolute atomic E-state index is 0. The van der Waals surface area contributed by atoms with Crippen molar-refractivity contribution in [1.82, 2.24) is 0 Å². The molecule has 8 aromatic rings. The molecule has 3 heteroatoms. The van der Waals surface area contributed by atoms with Crippen LogP contribution in [0.3, 0.4) is 0 Å². The van der Waals surface area contributed by atoms with Crippen LogP contribution in [0, 0.1) is 0 Å². The van der Waals surface area contributed by atoms with Gasteiger partial charge in [-0.25, -0.2) is 0 Å². The molecule has 1 aliphatic heterocycles.